The van der Waals surface area contributed by atoms with E-state index >= 15 is 0 Å². The minimum atomic E-state index is -0.505. The summed E-state index contributed by atoms with van der Waals surface area (Å²) < 4.78 is 6.17. The standard InChI is InChI=1S/C18H18BrN3O4/c19-13-6-8-15(9-7-13)26-12-18(25)22-21-17(24)11-10-16(23)20-14-4-2-1-3-5-14/h1-9H,10-12H2,(H,20,23)(H,21,24)(H,22,25). The van der Waals surface area contributed by atoms with Crippen LogP contribution >= 0.6 is 15.9 Å². The SMILES string of the molecule is O=C(CCC(=O)Nc1ccccc1)NNC(=O)COc1ccc(Br)cc1. The van der Waals surface area contributed by atoms with Gasteiger partial charge in [-0.1, -0.05) is 34.1 Å². The highest BCUT2D eigenvalue weighted by atomic mass is 79.9. The number of hydrogen-bond donors (Lipinski definition) is 3. The molecule has 0 aliphatic heterocycles. The number of para-hydroxylation sites is 1. The molecule has 0 radical (unpaired) electrons. The third kappa shape index (κ3) is 7.35. The van der Waals surface area contributed by atoms with Crippen molar-refractivity contribution in [1.29, 1.82) is 0 Å². The Balaban J connectivity index is 1.61. The zero-order chi connectivity index (χ0) is 18.8. The van der Waals surface area contributed by atoms with E-state index in [1.807, 2.05) is 6.07 Å². The van der Waals surface area contributed by atoms with Gasteiger partial charge in [0, 0.05) is 23.0 Å². The first-order valence-corrected chi connectivity index (χ1v) is 8.63. The molecule has 7 nitrogen and oxygen atoms in total. The van der Waals surface area contributed by atoms with Gasteiger partial charge >= 0.3 is 0 Å². The second kappa shape index (κ2) is 10.2. The Morgan fingerprint density at radius 1 is 0.808 bits per heavy atom. The molecule has 2 rings (SSSR count). The Hall–Kier alpha value is -2.87. The molecule has 3 amide bonds. The fourth-order valence-corrected chi connectivity index (χ4v) is 2.15. The molecule has 0 unspecified atom stereocenters. The summed E-state index contributed by atoms with van der Waals surface area (Å²) in [6, 6.07) is 15.9. The van der Waals surface area contributed by atoms with Crippen LogP contribution < -0.4 is 20.9 Å². The van der Waals surface area contributed by atoms with Crippen molar-refractivity contribution in [1.82, 2.24) is 10.9 Å². The van der Waals surface area contributed by atoms with Crippen LogP contribution in [0.1, 0.15) is 12.8 Å². The van der Waals surface area contributed by atoms with Crippen molar-refractivity contribution in [2.75, 3.05) is 11.9 Å². The van der Waals surface area contributed by atoms with Crippen molar-refractivity contribution in [3.05, 3.63) is 59.1 Å². The van der Waals surface area contributed by atoms with E-state index in [1.165, 1.54) is 0 Å². The van der Waals surface area contributed by atoms with Gasteiger partial charge in [0.25, 0.3) is 5.91 Å². The molecule has 2 aromatic rings. The summed E-state index contributed by atoms with van der Waals surface area (Å²) in [6.07, 6.45) is -0.0431. The number of carbonyl (C=O) groups excluding carboxylic acids is 3. The van der Waals surface area contributed by atoms with E-state index in [9.17, 15) is 14.4 Å². The number of ether oxygens (including phenoxy) is 1. The molecule has 0 heterocycles. The summed E-state index contributed by atoms with van der Waals surface area (Å²) in [4.78, 5) is 35.0. The number of amides is 3. The molecule has 0 saturated carbocycles. The molecule has 136 valence electrons. The van der Waals surface area contributed by atoms with Crippen LogP contribution in [0.4, 0.5) is 5.69 Å². The predicted molar refractivity (Wildman–Crippen MR) is 100 cm³/mol. The molecule has 0 bridgehead atoms. The number of hydrazine groups is 1. The third-order valence-electron chi connectivity index (χ3n) is 3.16. The van der Waals surface area contributed by atoms with Crippen molar-refractivity contribution in [2.45, 2.75) is 12.8 Å². The number of rotatable bonds is 7. The minimum Gasteiger partial charge on any atom is -0.484 e. The topological polar surface area (TPSA) is 96.5 Å². The first-order valence-electron chi connectivity index (χ1n) is 7.84. The van der Waals surface area contributed by atoms with E-state index in [0.29, 0.717) is 11.4 Å². The lowest BCUT2D eigenvalue weighted by atomic mass is 10.2. The lowest BCUT2D eigenvalue weighted by molar-refractivity contribution is -0.130. The highest BCUT2D eigenvalue weighted by Gasteiger charge is 2.09. The minimum absolute atomic E-state index is 0.00594. The van der Waals surface area contributed by atoms with Crippen LogP contribution in [0.15, 0.2) is 59.1 Å². The van der Waals surface area contributed by atoms with Gasteiger partial charge in [-0.2, -0.15) is 0 Å². The molecule has 0 aromatic heterocycles. The van der Waals surface area contributed by atoms with Crippen LogP contribution in [-0.2, 0) is 14.4 Å². The summed E-state index contributed by atoms with van der Waals surface area (Å²) in [6.45, 7) is -0.240. The van der Waals surface area contributed by atoms with Crippen molar-refractivity contribution >= 4 is 39.3 Å². The van der Waals surface area contributed by atoms with Gasteiger partial charge in [0.1, 0.15) is 5.75 Å². The van der Waals surface area contributed by atoms with E-state index in [1.54, 1.807) is 48.5 Å². The fraction of sp³-hybridized carbons (Fsp3) is 0.167. The van der Waals surface area contributed by atoms with Crippen LogP contribution in [0, 0.1) is 0 Å². The van der Waals surface area contributed by atoms with Crippen molar-refractivity contribution < 1.29 is 19.1 Å². The van der Waals surface area contributed by atoms with Crippen LogP contribution in [0.25, 0.3) is 0 Å². The van der Waals surface area contributed by atoms with E-state index in [-0.39, 0.29) is 25.4 Å². The van der Waals surface area contributed by atoms with Crippen molar-refractivity contribution in [3.8, 4) is 5.75 Å². The summed E-state index contributed by atoms with van der Waals surface area (Å²) >= 11 is 3.30. The first-order chi connectivity index (χ1) is 12.5. The maximum atomic E-state index is 11.7. The molecule has 2 aromatic carbocycles. The Kier molecular flexibility index (Phi) is 7.63. The number of anilines is 1. The normalized spacial score (nSPS) is 9.88. The Bertz CT molecular complexity index is 751. The summed E-state index contributed by atoms with van der Waals surface area (Å²) in [5, 5.41) is 2.67. The molecule has 0 saturated heterocycles. The van der Waals surface area contributed by atoms with Gasteiger partial charge < -0.3 is 10.1 Å². The zero-order valence-corrected chi connectivity index (χ0v) is 15.4. The van der Waals surface area contributed by atoms with Gasteiger partial charge in [0.2, 0.25) is 11.8 Å². The van der Waals surface area contributed by atoms with E-state index in [2.05, 4.69) is 32.1 Å². The second-order valence-electron chi connectivity index (χ2n) is 5.25. The van der Waals surface area contributed by atoms with Crippen molar-refractivity contribution in [3.63, 3.8) is 0 Å². The summed E-state index contributed by atoms with van der Waals surface area (Å²) in [7, 11) is 0. The number of carbonyl (C=O) groups is 3. The van der Waals surface area contributed by atoms with Crippen LogP contribution in [0.3, 0.4) is 0 Å². The van der Waals surface area contributed by atoms with Gasteiger partial charge in [-0.15, -0.1) is 0 Å². The third-order valence-corrected chi connectivity index (χ3v) is 3.69. The average molecular weight is 420 g/mol. The molecule has 0 aliphatic rings. The Labute approximate surface area is 159 Å². The maximum absolute atomic E-state index is 11.7. The molecule has 26 heavy (non-hydrogen) atoms. The number of halogens is 1. The van der Waals surface area contributed by atoms with E-state index in [4.69, 9.17) is 4.74 Å². The lowest BCUT2D eigenvalue weighted by Crippen LogP contribution is -2.44. The first kappa shape index (κ1) is 19.5. The Morgan fingerprint density at radius 3 is 2.12 bits per heavy atom. The highest BCUT2D eigenvalue weighted by molar-refractivity contribution is 9.10. The number of benzene rings is 2. The van der Waals surface area contributed by atoms with Gasteiger partial charge in [0.15, 0.2) is 6.61 Å². The summed E-state index contributed by atoms with van der Waals surface area (Å²) in [5.41, 5.74) is 5.14. The van der Waals surface area contributed by atoms with Crippen LogP contribution in [0.5, 0.6) is 5.75 Å². The molecule has 0 atom stereocenters. The lowest BCUT2D eigenvalue weighted by Gasteiger charge is -2.09. The number of hydrogen-bond acceptors (Lipinski definition) is 4. The molecule has 0 aliphatic carbocycles. The molecular weight excluding hydrogens is 402 g/mol. The largest absolute Gasteiger partial charge is 0.484 e. The average Bonchev–Trinajstić information content (AvgIpc) is 2.65. The smallest absolute Gasteiger partial charge is 0.276 e. The van der Waals surface area contributed by atoms with Gasteiger partial charge in [-0.05, 0) is 36.4 Å². The quantitative estimate of drug-likeness (QED) is 0.600. The molecule has 3 N–H and O–H groups in total. The van der Waals surface area contributed by atoms with Gasteiger partial charge in [-0.3, -0.25) is 25.2 Å². The van der Waals surface area contributed by atoms with E-state index in [0.717, 1.165) is 4.47 Å². The molecule has 0 fully saturated rings. The highest BCUT2D eigenvalue weighted by Crippen LogP contribution is 2.15. The zero-order valence-electron chi connectivity index (χ0n) is 13.8. The van der Waals surface area contributed by atoms with Crippen LogP contribution in [0.2, 0.25) is 0 Å². The molecule has 8 heteroatoms. The Morgan fingerprint density at radius 2 is 1.42 bits per heavy atom. The summed E-state index contributed by atoms with van der Waals surface area (Å²) in [5.74, 6) is -0.719. The molecule has 0 spiro atoms. The maximum Gasteiger partial charge on any atom is 0.276 e. The predicted octanol–water partition coefficient (Wildman–Crippen LogP) is 2.39. The van der Waals surface area contributed by atoms with E-state index < -0.39 is 11.8 Å². The van der Waals surface area contributed by atoms with Crippen LogP contribution in [-0.4, -0.2) is 24.3 Å². The van der Waals surface area contributed by atoms with Gasteiger partial charge in [0.05, 0.1) is 0 Å². The van der Waals surface area contributed by atoms with Gasteiger partial charge in [-0.25, -0.2) is 0 Å². The van der Waals surface area contributed by atoms with Crippen molar-refractivity contribution in [2.24, 2.45) is 0 Å². The monoisotopic (exact) mass is 419 g/mol. The number of nitrogens with one attached hydrogen (secondary N) is 3. The molecular formula is C18H18BrN3O4. The second-order valence-corrected chi connectivity index (χ2v) is 6.17. The fourth-order valence-electron chi connectivity index (χ4n) is 1.89.